The molecule has 0 aliphatic carbocycles. The second-order valence-electron chi connectivity index (χ2n) is 6.99. The Kier molecular flexibility index (Phi) is 4.59. The zero-order valence-corrected chi connectivity index (χ0v) is 16.9. The Labute approximate surface area is 175 Å². The fourth-order valence-corrected chi connectivity index (χ4v) is 4.38. The zero-order valence-electron chi connectivity index (χ0n) is 16.1. The molecule has 0 aliphatic heterocycles. The summed E-state index contributed by atoms with van der Waals surface area (Å²) in [6.45, 7) is 2.00. The first kappa shape index (κ1) is 18.6. The van der Waals surface area contributed by atoms with Gasteiger partial charge in [0.15, 0.2) is 5.16 Å². The van der Waals surface area contributed by atoms with Crippen molar-refractivity contribution in [2.45, 2.75) is 17.8 Å². The van der Waals surface area contributed by atoms with E-state index in [4.69, 9.17) is 0 Å². The Bertz CT molecular complexity index is 1440. The minimum Gasteiger partial charge on any atom is -0.268 e. The lowest BCUT2D eigenvalue weighted by Crippen LogP contribution is -2.21. The third-order valence-corrected chi connectivity index (χ3v) is 5.98. The fourth-order valence-electron chi connectivity index (χ4n) is 3.46. The minimum absolute atomic E-state index is 0.153. The summed E-state index contributed by atoms with van der Waals surface area (Å²) in [6.07, 6.45) is 0. The van der Waals surface area contributed by atoms with Crippen molar-refractivity contribution in [1.29, 1.82) is 0 Å². The normalized spacial score (nSPS) is 11.4. The molecule has 5 rings (SSSR count). The van der Waals surface area contributed by atoms with Crippen molar-refractivity contribution in [3.8, 4) is 5.69 Å². The molecule has 0 amide bonds. The summed E-state index contributed by atoms with van der Waals surface area (Å²) >= 11 is 1.38. The average molecular weight is 416 g/mol. The molecule has 2 aromatic heterocycles. The molecule has 0 atom stereocenters. The van der Waals surface area contributed by atoms with Gasteiger partial charge in [0.1, 0.15) is 5.82 Å². The van der Waals surface area contributed by atoms with Gasteiger partial charge in [-0.1, -0.05) is 59.8 Å². The lowest BCUT2D eigenvalue weighted by Gasteiger charge is -2.11. The van der Waals surface area contributed by atoms with Crippen LogP contribution in [0.1, 0.15) is 11.1 Å². The van der Waals surface area contributed by atoms with Gasteiger partial charge < -0.3 is 0 Å². The van der Waals surface area contributed by atoms with E-state index in [1.165, 1.54) is 17.8 Å². The Morgan fingerprint density at radius 3 is 2.47 bits per heavy atom. The van der Waals surface area contributed by atoms with Gasteiger partial charge in [0, 0.05) is 5.75 Å². The van der Waals surface area contributed by atoms with Gasteiger partial charge in [-0.3, -0.25) is 9.20 Å². The van der Waals surface area contributed by atoms with Gasteiger partial charge in [0.05, 0.1) is 16.6 Å². The number of aromatic nitrogens is 4. The fraction of sp³-hybridized carbons (Fsp3) is 0.0870. The molecular formula is C23H17FN4OS. The van der Waals surface area contributed by atoms with E-state index in [9.17, 15) is 9.18 Å². The van der Waals surface area contributed by atoms with Crippen LogP contribution < -0.4 is 5.56 Å². The van der Waals surface area contributed by atoms with E-state index in [2.05, 4.69) is 10.2 Å². The number of nitrogens with zero attached hydrogens (tertiary/aromatic N) is 4. The monoisotopic (exact) mass is 416 g/mol. The third-order valence-electron chi connectivity index (χ3n) is 5.00. The van der Waals surface area contributed by atoms with Crippen LogP contribution in [0, 0.1) is 12.7 Å². The molecule has 0 bridgehead atoms. The predicted molar refractivity (Wildman–Crippen MR) is 117 cm³/mol. The van der Waals surface area contributed by atoms with Crippen LogP contribution in [-0.2, 0) is 5.75 Å². The van der Waals surface area contributed by atoms with E-state index in [0.29, 0.717) is 27.6 Å². The van der Waals surface area contributed by atoms with Crippen LogP contribution in [0.3, 0.4) is 0 Å². The van der Waals surface area contributed by atoms with Gasteiger partial charge in [-0.2, -0.15) is 0 Å². The first-order valence-electron chi connectivity index (χ1n) is 9.45. The van der Waals surface area contributed by atoms with Gasteiger partial charge in [-0.05, 0) is 42.8 Å². The summed E-state index contributed by atoms with van der Waals surface area (Å²) in [5, 5.41) is 9.82. The van der Waals surface area contributed by atoms with E-state index < -0.39 is 0 Å². The Morgan fingerprint density at radius 1 is 0.933 bits per heavy atom. The van der Waals surface area contributed by atoms with E-state index in [-0.39, 0.29) is 11.4 Å². The maximum Gasteiger partial charge on any atom is 0.267 e. The van der Waals surface area contributed by atoms with Crippen molar-refractivity contribution in [3.05, 3.63) is 100 Å². The molecule has 30 heavy (non-hydrogen) atoms. The number of rotatable bonds is 4. The van der Waals surface area contributed by atoms with Crippen molar-refractivity contribution in [2.75, 3.05) is 0 Å². The van der Waals surface area contributed by atoms with E-state index in [1.54, 1.807) is 22.8 Å². The van der Waals surface area contributed by atoms with Gasteiger partial charge >= 0.3 is 0 Å². The molecule has 0 spiro atoms. The summed E-state index contributed by atoms with van der Waals surface area (Å²) in [4.78, 5) is 13.3. The maximum absolute atomic E-state index is 14.1. The molecule has 0 N–H and O–H groups in total. The maximum atomic E-state index is 14.1. The molecule has 0 unspecified atom stereocenters. The van der Waals surface area contributed by atoms with Gasteiger partial charge in [-0.25, -0.2) is 8.96 Å². The second kappa shape index (κ2) is 7.42. The number of hydrogen-bond donors (Lipinski definition) is 0. The van der Waals surface area contributed by atoms with Gasteiger partial charge in [0.2, 0.25) is 5.78 Å². The number of aryl methyl sites for hydroxylation is 1. The molecule has 0 saturated carbocycles. The predicted octanol–water partition coefficient (Wildman–Crippen LogP) is 4.77. The summed E-state index contributed by atoms with van der Waals surface area (Å²) in [5.41, 5.74) is 2.99. The molecule has 3 aromatic carbocycles. The van der Waals surface area contributed by atoms with Crippen LogP contribution in [0.5, 0.6) is 0 Å². The Morgan fingerprint density at radius 2 is 1.67 bits per heavy atom. The summed E-state index contributed by atoms with van der Waals surface area (Å²) in [6, 6.07) is 21.8. The number of thioether (sulfide) groups is 1. The van der Waals surface area contributed by atoms with Crippen LogP contribution >= 0.6 is 11.8 Å². The quantitative estimate of drug-likeness (QED) is 0.396. The molecule has 7 heteroatoms. The first-order valence-corrected chi connectivity index (χ1v) is 10.4. The molecule has 0 fully saturated rings. The largest absolute Gasteiger partial charge is 0.268 e. The Hall–Kier alpha value is -3.45. The average Bonchev–Trinajstić information content (AvgIpc) is 3.18. The van der Waals surface area contributed by atoms with E-state index >= 15 is 0 Å². The van der Waals surface area contributed by atoms with E-state index in [1.807, 2.05) is 59.9 Å². The van der Waals surface area contributed by atoms with Crippen molar-refractivity contribution in [2.24, 2.45) is 0 Å². The number of para-hydroxylation sites is 1. The van der Waals surface area contributed by atoms with Crippen LogP contribution in [0.25, 0.3) is 22.4 Å². The molecule has 0 aliphatic rings. The molecule has 0 saturated heterocycles. The Balaban J connectivity index is 1.72. The lowest BCUT2D eigenvalue weighted by molar-refractivity contribution is 0.617. The molecule has 5 aromatic rings. The van der Waals surface area contributed by atoms with Crippen LogP contribution in [0.4, 0.5) is 4.39 Å². The van der Waals surface area contributed by atoms with E-state index in [0.717, 1.165) is 16.8 Å². The highest BCUT2D eigenvalue weighted by atomic mass is 32.2. The van der Waals surface area contributed by atoms with Crippen molar-refractivity contribution in [1.82, 2.24) is 19.2 Å². The number of halogens is 1. The van der Waals surface area contributed by atoms with Crippen molar-refractivity contribution >= 4 is 28.4 Å². The number of benzene rings is 3. The van der Waals surface area contributed by atoms with Crippen molar-refractivity contribution < 1.29 is 4.39 Å². The minimum atomic E-state index is -0.250. The van der Waals surface area contributed by atoms with Crippen LogP contribution in [0.2, 0.25) is 0 Å². The highest BCUT2D eigenvalue weighted by Crippen LogP contribution is 2.26. The number of hydrogen-bond acceptors (Lipinski definition) is 4. The second-order valence-corrected chi connectivity index (χ2v) is 7.93. The molecule has 148 valence electrons. The standard InChI is InChI=1S/C23H17FN4OS/c1-15-10-12-17(13-11-15)27-21(29)18-7-3-5-9-20(18)28-22(27)25-26-23(28)30-14-16-6-2-4-8-19(16)24/h2-13H,14H2,1H3. The van der Waals surface area contributed by atoms with Crippen LogP contribution in [-0.4, -0.2) is 19.2 Å². The molecule has 2 heterocycles. The topological polar surface area (TPSA) is 52.2 Å². The number of fused-ring (bicyclic) bond motifs is 3. The van der Waals surface area contributed by atoms with Crippen LogP contribution in [0.15, 0.2) is 82.7 Å². The lowest BCUT2D eigenvalue weighted by atomic mass is 10.2. The zero-order chi connectivity index (χ0) is 20.7. The third kappa shape index (κ3) is 3.07. The molecular weight excluding hydrogens is 399 g/mol. The first-order chi connectivity index (χ1) is 14.6. The van der Waals surface area contributed by atoms with Gasteiger partial charge in [0.25, 0.3) is 5.56 Å². The van der Waals surface area contributed by atoms with Gasteiger partial charge in [-0.15, -0.1) is 10.2 Å². The smallest absolute Gasteiger partial charge is 0.267 e. The summed E-state index contributed by atoms with van der Waals surface area (Å²) in [5.74, 6) is 0.588. The molecule has 5 nitrogen and oxygen atoms in total. The highest BCUT2D eigenvalue weighted by molar-refractivity contribution is 7.98. The van der Waals surface area contributed by atoms with Crippen molar-refractivity contribution in [3.63, 3.8) is 0 Å². The SMILES string of the molecule is Cc1ccc(-n2c(=O)c3ccccc3n3c(SCc4ccccc4F)nnc23)cc1. The summed E-state index contributed by atoms with van der Waals surface area (Å²) in [7, 11) is 0. The highest BCUT2D eigenvalue weighted by Gasteiger charge is 2.18. The molecule has 0 radical (unpaired) electrons. The summed E-state index contributed by atoms with van der Waals surface area (Å²) < 4.78 is 17.5.